The van der Waals surface area contributed by atoms with Crippen molar-refractivity contribution in [3.63, 3.8) is 0 Å². The van der Waals surface area contributed by atoms with Crippen LogP contribution < -0.4 is 10.2 Å². The highest BCUT2D eigenvalue weighted by Crippen LogP contribution is 2.41. The van der Waals surface area contributed by atoms with Gasteiger partial charge in [-0.25, -0.2) is 4.79 Å². The number of anilines is 2. The zero-order chi connectivity index (χ0) is 23.4. The first-order valence-electron chi connectivity index (χ1n) is 10.3. The summed E-state index contributed by atoms with van der Waals surface area (Å²) in [5.74, 6) is -1.11. The van der Waals surface area contributed by atoms with E-state index in [1.165, 1.54) is 16.7 Å². The maximum atomic E-state index is 13.5. The minimum atomic E-state index is -0.474. The van der Waals surface area contributed by atoms with E-state index in [4.69, 9.17) is 4.74 Å². The first-order valence-corrected chi connectivity index (χ1v) is 12.4. The van der Waals surface area contributed by atoms with Crippen molar-refractivity contribution in [1.82, 2.24) is 0 Å². The van der Waals surface area contributed by atoms with Gasteiger partial charge in [-0.1, -0.05) is 30.0 Å². The number of fused-ring (bicyclic) bond motifs is 2. The van der Waals surface area contributed by atoms with E-state index in [-0.39, 0.29) is 25.0 Å². The summed E-state index contributed by atoms with van der Waals surface area (Å²) in [4.78, 5) is 42.8. The average molecular weight is 479 g/mol. The number of carbonyl (C=O) groups is 3. The summed E-state index contributed by atoms with van der Waals surface area (Å²) in [6, 6.07) is 19.9. The van der Waals surface area contributed by atoms with Crippen LogP contribution in [0.5, 0.6) is 0 Å². The third kappa shape index (κ3) is 5.07. The topological polar surface area (TPSA) is 75.7 Å². The Morgan fingerprint density at radius 1 is 1.03 bits per heavy atom. The van der Waals surface area contributed by atoms with Gasteiger partial charge in [-0.2, -0.15) is 0 Å². The largest absolute Gasteiger partial charge is 0.462 e. The first-order chi connectivity index (χ1) is 16.0. The molecule has 0 aromatic heterocycles. The van der Waals surface area contributed by atoms with Crippen LogP contribution >= 0.6 is 23.5 Å². The number of ether oxygens (including phenoxy) is 1. The van der Waals surface area contributed by atoms with Gasteiger partial charge in [0.2, 0.25) is 5.91 Å². The van der Waals surface area contributed by atoms with E-state index >= 15 is 0 Å². The number of benzene rings is 3. The van der Waals surface area contributed by atoms with Gasteiger partial charge in [0.1, 0.15) is 6.54 Å². The zero-order valence-corrected chi connectivity index (χ0v) is 19.8. The van der Waals surface area contributed by atoms with E-state index in [1.54, 1.807) is 55.1 Å². The van der Waals surface area contributed by atoms with Crippen LogP contribution in [0, 0.1) is 0 Å². The maximum absolute atomic E-state index is 13.5. The van der Waals surface area contributed by atoms with E-state index in [9.17, 15) is 14.4 Å². The van der Waals surface area contributed by atoms with Crippen LogP contribution in [0.2, 0.25) is 0 Å². The molecule has 8 heteroatoms. The molecule has 4 rings (SSSR count). The van der Waals surface area contributed by atoms with Crippen LogP contribution in [0.25, 0.3) is 0 Å². The third-order valence-corrected chi connectivity index (χ3v) is 6.87. The summed E-state index contributed by atoms with van der Waals surface area (Å²) in [5, 5.41) is 2.87. The molecular weight excluding hydrogens is 456 g/mol. The summed E-state index contributed by atoms with van der Waals surface area (Å²) in [7, 11) is 0. The number of nitrogens with zero attached hydrogens (tertiary/aromatic N) is 1. The third-order valence-electron chi connectivity index (χ3n) is 5.00. The number of nitrogens with one attached hydrogen (secondary N) is 1. The Kier molecular flexibility index (Phi) is 7.05. The molecule has 1 aliphatic heterocycles. The molecule has 0 bridgehead atoms. The van der Waals surface area contributed by atoms with E-state index in [2.05, 4.69) is 5.32 Å². The van der Waals surface area contributed by atoms with Gasteiger partial charge in [-0.15, -0.1) is 11.8 Å². The Labute approximate surface area is 200 Å². The standard InChI is InChI=1S/C25H22N2O4S2/c1-3-31-25(30)16-11-12-22-20(13-16)27(24(29)19-9-4-5-10-21(19)33-22)15-23(28)26-17-7-6-8-18(14-17)32-2/h4-14H,3,15H2,1-2H3,(H,26,28). The monoisotopic (exact) mass is 478 g/mol. The highest BCUT2D eigenvalue weighted by Gasteiger charge is 2.29. The number of rotatable bonds is 6. The smallest absolute Gasteiger partial charge is 0.338 e. The van der Waals surface area contributed by atoms with Crippen molar-refractivity contribution in [3.05, 3.63) is 77.9 Å². The average Bonchev–Trinajstić information content (AvgIpc) is 2.93. The molecular formula is C25H22N2O4S2. The molecule has 1 N–H and O–H groups in total. The molecule has 33 heavy (non-hydrogen) atoms. The van der Waals surface area contributed by atoms with Crippen LogP contribution in [0.1, 0.15) is 27.6 Å². The number of esters is 1. The molecule has 2 amide bonds. The molecule has 0 saturated heterocycles. The van der Waals surface area contributed by atoms with Gasteiger partial charge in [0.15, 0.2) is 0 Å². The predicted octanol–water partition coefficient (Wildman–Crippen LogP) is 5.34. The molecule has 168 valence electrons. The lowest BCUT2D eigenvalue weighted by atomic mass is 10.1. The SMILES string of the molecule is CCOC(=O)c1ccc2c(c1)N(CC(=O)Nc1cccc(SC)c1)C(=O)c1ccccc1S2. The molecule has 0 fully saturated rings. The molecule has 6 nitrogen and oxygen atoms in total. The van der Waals surface area contributed by atoms with E-state index in [0.717, 1.165) is 14.7 Å². The zero-order valence-electron chi connectivity index (χ0n) is 18.2. The lowest BCUT2D eigenvalue weighted by molar-refractivity contribution is -0.114. The minimum Gasteiger partial charge on any atom is -0.462 e. The number of hydrogen-bond acceptors (Lipinski definition) is 6. The van der Waals surface area contributed by atoms with Crippen molar-refractivity contribution >= 4 is 52.7 Å². The van der Waals surface area contributed by atoms with Crippen molar-refractivity contribution in [2.75, 3.05) is 29.6 Å². The molecule has 3 aromatic rings. The van der Waals surface area contributed by atoms with Crippen molar-refractivity contribution < 1.29 is 19.1 Å². The maximum Gasteiger partial charge on any atom is 0.338 e. The molecule has 0 saturated carbocycles. The molecule has 0 spiro atoms. The van der Waals surface area contributed by atoms with E-state index in [0.29, 0.717) is 22.5 Å². The molecule has 0 atom stereocenters. The number of hydrogen-bond donors (Lipinski definition) is 1. The normalized spacial score (nSPS) is 12.4. The van der Waals surface area contributed by atoms with Crippen LogP contribution in [0.3, 0.4) is 0 Å². The summed E-state index contributed by atoms with van der Waals surface area (Å²) in [6.07, 6.45) is 1.96. The van der Waals surface area contributed by atoms with Crippen LogP contribution in [-0.4, -0.2) is 37.2 Å². The van der Waals surface area contributed by atoms with Gasteiger partial charge in [-0.05, 0) is 61.7 Å². The second-order valence-corrected chi connectivity index (χ2v) is 9.14. The number of amides is 2. The van der Waals surface area contributed by atoms with Crippen molar-refractivity contribution in [2.45, 2.75) is 21.6 Å². The van der Waals surface area contributed by atoms with Crippen LogP contribution in [0.15, 0.2) is 81.4 Å². The van der Waals surface area contributed by atoms with Gasteiger partial charge in [0.05, 0.1) is 23.4 Å². The first kappa shape index (κ1) is 22.9. The quantitative estimate of drug-likeness (QED) is 0.381. The predicted molar refractivity (Wildman–Crippen MR) is 131 cm³/mol. The van der Waals surface area contributed by atoms with Crippen molar-refractivity contribution in [3.8, 4) is 0 Å². The minimum absolute atomic E-state index is 0.198. The van der Waals surface area contributed by atoms with Gasteiger partial charge in [-0.3, -0.25) is 14.5 Å². The summed E-state index contributed by atoms with van der Waals surface area (Å²) < 4.78 is 5.13. The molecule has 1 aliphatic rings. The Bertz CT molecular complexity index is 1230. The Balaban J connectivity index is 1.70. The summed E-state index contributed by atoms with van der Waals surface area (Å²) in [6.45, 7) is 1.78. The summed E-state index contributed by atoms with van der Waals surface area (Å²) >= 11 is 3.01. The van der Waals surface area contributed by atoms with E-state index < -0.39 is 5.97 Å². The number of thioether (sulfide) groups is 1. The molecule has 0 unspecified atom stereocenters. The molecule has 1 heterocycles. The Morgan fingerprint density at radius 3 is 2.64 bits per heavy atom. The molecule has 0 radical (unpaired) electrons. The summed E-state index contributed by atoms with van der Waals surface area (Å²) in [5.41, 5.74) is 1.99. The van der Waals surface area contributed by atoms with Crippen LogP contribution in [-0.2, 0) is 9.53 Å². The highest BCUT2D eigenvalue weighted by atomic mass is 32.2. The van der Waals surface area contributed by atoms with E-state index in [1.807, 2.05) is 36.6 Å². The fourth-order valence-electron chi connectivity index (χ4n) is 3.46. The van der Waals surface area contributed by atoms with Crippen LogP contribution in [0.4, 0.5) is 11.4 Å². The fraction of sp³-hybridized carbons (Fsp3) is 0.160. The molecule has 0 aliphatic carbocycles. The van der Waals surface area contributed by atoms with Gasteiger partial charge >= 0.3 is 5.97 Å². The van der Waals surface area contributed by atoms with Gasteiger partial charge in [0.25, 0.3) is 5.91 Å². The van der Waals surface area contributed by atoms with Gasteiger partial charge < -0.3 is 10.1 Å². The number of carbonyl (C=O) groups excluding carboxylic acids is 3. The highest BCUT2D eigenvalue weighted by molar-refractivity contribution is 7.99. The van der Waals surface area contributed by atoms with Gasteiger partial charge in [0, 0.05) is 20.4 Å². The Hall–Kier alpha value is -3.23. The lowest BCUT2D eigenvalue weighted by Crippen LogP contribution is -2.38. The second kappa shape index (κ2) is 10.1. The molecule has 3 aromatic carbocycles. The second-order valence-electron chi connectivity index (χ2n) is 7.17. The van der Waals surface area contributed by atoms with Crippen molar-refractivity contribution in [2.24, 2.45) is 0 Å². The van der Waals surface area contributed by atoms with Crippen molar-refractivity contribution in [1.29, 1.82) is 0 Å². The lowest BCUT2D eigenvalue weighted by Gasteiger charge is -2.23. The fourth-order valence-corrected chi connectivity index (χ4v) is 4.98. The Morgan fingerprint density at radius 2 is 1.85 bits per heavy atom.